The summed E-state index contributed by atoms with van der Waals surface area (Å²) in [6.07, 6.45) is 3.74. The number of rotatable bonds is 1. The molecule has 0 spiro atoms. The molecule has 2 saturated heterocycles. The minimum atomic E-state index is -0.732. The van der Waals surface area contributed by atoms with Gasteiger partial charge < -0.3 is 15.2 Å². The van der Waals surface area contributed by atoms with Crippen LogP contribution in [0.1, 0.15) is 29.5 Å². The van der Waals surface area contributed by atoms with E-state index in [0.717, 1.165) is 31.2 Å². The molecule has 2 heterocycles. The van der Waals surface area contributed by atoms with Crippen molar-refractivity contribution < 1.29 is 9.84 Å². The summed E-state index contributed by atoms with van der Waals surface area (Å²) in [6, 6.07) is 11.5. The molecular weight excluding hydrogens is 274 g/mol. The van der Waals surface area contributed by atoms with Crippen LogP contribution in [0.2, 0.25) is 0 Å². The molecule has 2 atom stereocenters. The van der Waals surface area contributed by atoms with Gasteiger partial charge in [0.1, 0.15) is 0 Å². The monoisotopic (exact) mass is 295 g/mol. The van der Waals surface area contributed by atoms with Gasteiger partial charge in [-0.3, -0.25) is 0 Å². The average Bonchev–Trinajstić information content (AvgIpc) is 2.92. The molecule has 2 unspecified atom stereocenters. The van der Waals surface area contributed by atoms with E-state index in [9.17, 15) is 5.11 Å². The van der Waals surface area contributed by atoms with Crippen molar-refractivity contribution in [1.82, 2.24) is 5.32 Å². The van der Waals surface area contributed by atoms with Crippen molar-refractivity contribution in [2.75, 3.05) is 13.2 Å². The molecule has 2 fully saturated rings. The first-order valence-electron chi connectivity index (χ1n) is 8.33. The Hall–Kier alpha value is -1.42. The molecular formula is C19H21NO2. The highest BCUT2D eigenvalue weighted by Crippen LogP contribution is 2.42. The van der Waals surface area contributed by atoms with Crippen LogP contribution in [0, 0.1) is 0 Å². The molecule has 22 heavy (non-hydrogen) atoms. The number of aliphatic hydroxyl groups is 1. The van der Waals surface area contributed by atoms with E-state index in [0.29, 0.717) is 13.2 Å². The molecule has 0 saturated carbocycles. The predicted octanol–water partition coefficient (Wildman–Crippen LogP) is 2.28. The zero-order valence-electron chi connectivity index (χ0n) is 12.6. The number of morpholine rings is 1. The van der Waals surface area contributed by atoms with Crippen LogP contribution in [0.15, 0.2) is 30.3 Å². The lowest BCUT2D eigenvalue weighted by Gasteiger charge is -2.45. The number of aryl methyl sites for hydroxylation is 2. The van der Waals surface area contributed by atoms with Gasteiger partial charge in [-0.2, -0.15) is 0 Å². The number of ether oxygens (including phenoxy) is 1. The Morgan fingerprint density at radius 2 is 1.73 bits per heavy atom. The molecule has 0 amide bonds. The van der Waals surface area contributed by atoms with Gasteiger partial charge in [0, 0.05) is 12.1 Å². The molecule has 0 radical (unpaired) electrons. The quantitative estimate of drug-likeness (QED) is 0.848. The lowest BCUT2D eigenvalue weighted by atomic mass is 9.76. The van der Waals surface area contributed by atoms with Crippen molar-refractivity contribution in [3.8, 4) is 0 Å². The van der Waals surface area contributed by atoms with Crippen molar-refractivity contribution in [1.29, 1.82) is 0 Å². The van der Waals surface area contributed by atoms with Gasteiger partial charge in [0.05, 0.1) is 18.8 Å². The van der Waals surface area contributed by atoms with Gasteiger partial charge in [0.25, 0.3) is 0 Å². The fourth-order valence-corrected chi connectivity index (χ4v) is 4.79. The zero-order valence-corrected chi connectivity index (χ0v) is 12.6. The van der Waals surface area contributed by atoms with Gasteiger partial charge in [0.15, 0.2) is 0 Å². The summed E-state index contributed by atoms with van der Waals surface area (Å²) in [5.41, 5.74) is 3.27. The fourth-order valence-electron chi connectivity index (χ4n) is 4.79. The molecule has 3 aliphatic rings. The van der Waals surface area contributed by atoms with Crippen LogP contribution in [0.3, 0.4) is 0 Å². The number of hydrogen-bond acceptors (Lipinski definition) is 3. The SMILES string of the molecule is OC1(c2ccc3c4c(cccc24)CC3)CC2COCC(C1)N2. The molecule has 3 heteroatoms. The molecule has 2 bridgehead atoms. The first kappa shape index (κ1) is 13.1. The first-order chi connectivity index (χ1) is 10.7. The average molecular weight is 295 g/mol. The summed E-state index contributed by atoms with van der Waals surface area (Å²) < 4.78 is 5.63. The third kappa shape index (κ3) is 1.79. The topological polar surface area (TPSA) is 41.5 Å². The van der Waals surface area contributed by atoms with Crippen LogP contribution >= 0.6 is 0 Å². The Bertz CT molecular complexity index is 732. The molecule has 5 rings (SSSR count). The molecule has 2 aromatic carbocycles. The third-order valence-corrected chi connectivity index (χ3v) is 5.66. The standard InChI is InChI=1S/C19H21NO2/c21-19(8-14-10-22-11-15(9-19)20-14)17-7-6-13-5-4-12-2-1-3-16(17)18(12)13/h1-3,6-7,14-15,20-21H,4-5,8-11H2. The van der Waals surface area contributed by atoms with Crippen LogP contribution < -0.4 is 5.32 Å². The Morgan fingerprint density at radius 3 is 2.50 bits per heavy atom. The maximum absolute atomic E-state index is 11.5. The summed E-state index contributed by atoms with van der Waals surface area (Å²) in [4.78, 5) is 0. The highest BCUT2D eigenvalue weighted by molar-refractivity contribution is 5.93. The second-order valence-corrected chi connectivity index (χ2v) is 7.15. The zero-order chi connectivity index (χ0) is 14.7. The van der Waals surface area contributed by atoms with Gasteiger partial charge in [-0.25, -0.2) is 0 Å². The van der Waals surface area contributed by atoms with Crippen LogP contribution in [-0.4, -0.2) is 30.4 Å². The number of piperidine rings is 1. The van der Waals surface area contributed by atoms with E-state index in [2.05, 4.69) is 35.6 Å². The molecule has 114 valence electrons. The largest absolute Gasteiger partial charge is 0.385 e. The van der Waals surface area contributed by atoms with Crippen molar-refractivity contribution in [3.05, 3.63) is 47.0 Å². The van der Waals surface area contributed by atoms with E-state index in [-0.39, 0.29) is 12.1 Å². The van der Waals surface area contributed by atoms with E-state index in [4.69, 9.17) is 4.74 Å². The van der Waals surface area contributed by atoms with Crippen LogP contribution in [0.25, 0.3) is 10.8 Å². The van der Waals surface area contributed by atoms with Crippen molar-refractivity contribution in [2.45, 2.75) is 43.4 Å². The van der Waals surface area contributed by atoms with E-state index < -0.39 is 5.60 Å². The third-order valence-electron chi connectivity index (χ3n) is 5.66. The van der Waals surface area contributed by atoms with Gasteiger partial charge >= 0.3 is 0 Å². The Balaban J connectivity index is 1.68. The maximum Gasteiger partial charge on any atom is 0.0933 e. The smallest absolute Gasteiger partial charge is 0.0933 e. The fraction of sp³-hybridized carbons (Fsp3) is 0.474. The summed E-state index contributed by atoms with van der Waals surface area (Å²) in [7, 11) is 0. The summed E-state index contributed by atoms with van der Waals surface area (Å²) >= 11 is 0. The Kier molecular flexibility index (Phi) is 2.70. The van der Waals surface area contributed by atoms with Gasteiger partial charge in [-0.1, -0.05) is 30.3 Å². The Morgan fingerprint density at radius 1 is 1.00 bits per heavy atom. The lowest BCUT2D eigenvalue weighted by molar-refractivity contribution is -0.0794. The number of nitrogens with one attached hydrogen (secondary N) is 1. The number of hydrogen-bond donors (Lipinski definition) is 2. The van der Waals surface area contributed by atoms with Gasteiger partial charge in [-0.15, -0.1) is 0 Å². The first-order valence-corrected chi connectivity index (χ1v) is 8.33. The second kappa shape index (κ2) is 4.54. The predicted molar refractivity (Wildman–Crippen MR) is 86.0 cm³/mol. The molecule has 2 aromatic rings. The van der Waals surface area contributed by atoms with E-state index in [1.807, 2.05) is 0 Å². The normalized spacial score (nSPS) is 33.3. The minimum absolute atomic E-state index is 0.264. The Labute approximate surface area is 130 Å². The second-order valence-electron chi connectivity index (χ2n) is 7.15. The van der Waals surface area contributed by atoms with Crippen LogP contribution in [0.5, 0.6) is 0 Å². The number of fused-ring (bicyclic) bond motifs is 2. The highest BCUT2D eigenvalue weighted by atomic mass is 16.5. The maximum atomic E-state index is 11.5. The summed E-state index contributed by atoms with van der Waals surface area (Å²) in [5, 5.41) is 17.7. The van der Waals surface area contributed by atoms with E-state index in [1.54, 1.807) is 0 Å². The summed E-state index contributed by atoms with van der Waals surface area (Å²) in [5.74, 6) is 0. The van der Waals surface area contributed by atoms with E-state index >= 15 is 0 Å². The lowest BCUT2D eigenvalue weighted by Crippen LogP contribution is -2.58. The molecule has 3 nitrogen and oxygen atoms in total. The van der Waals surface area contributed by atoms with Crippen LogP contribution in [-0.2, 0) is 23.2 Å². The van der Waals surface area contributed by atoms with E-state index in [1.165, 1.54) is 21.9 Å². The summed E-state index contributed by atoms with van der Waals surface area (Å²) in [6.45, 7) is 1.42. The van der Waals surface area contributed by atoms with Crippen molar-refractivity contribution in [2.24, 2.45) is 0 Å². The van der Waals surface area contributed by atoms with Crippen molar-refractivity contribution in [3.63, 3.8) is 0 Å². The minimum Gasteiger partial charge on any atom is -0.385 e. The number of benzene rings is 2. The molecule has 2 N–H and O–H groups in total. The molecule has 1 aliphatic carbocycles. The van der Waals surface area contributed by atoms with Crippen molar-refractivity contribution >= 4 is 10.8 Å². The van der Waals surface area contributed by atoms with Gasteiger partial charge in [-0.05, 0) is 53.1 Å². The highest BCUT2D eigenvalue weighted by Gasteiger charge is 2.43. The van der Waals surface area contributed by atoms with Crippen LogP contribution in [0.4, 0.5) is 0 Å². The van der Waals surface area contributed by atoms with Gasteiger partial charge in [0.2, 0.25) is 0 Å². The molecule has 2 aliphatic heterocycles. The molecule has 0 aromatic heterocycles.